The highest BCUT2D eigenvalue weighted by atomic mass is 79.9. The van der Waals surface area contributed by atoms with Gasteiger partial charge in [-0.05, 0) is 59.1 Å². The minimum absolute atomic E-state index is 0. The molecule has 0 unspecified atom stereocenters. The molecule has 1 N–H and O–H groups in total. The van der Waals surface area contributed by atoms with Gasteiger partial charge in [-0.25, -0.2) is 0 Å². The smallest absolute Gasteiger partial charge is 0.0583 e. The van der Waals surface area contributed by atoms with Crippen molar-refractivity contribution in [1.29, 1.82) is 0 Å². The second kappa shape index (κ2) is 5.36. The number of hydrogen-bond acceptors (Lipinski definition) is 1. The Hall–Kier alpha value is 0.240. The Morgan fingerprint density at radius 2 is 1.93 bits per heavy atom. The molecule has 0 spiro atoms. The lowest BCUT2D eigenvalue weighted by atomic mass is 10.0. The van der Waals surface area contributed by atoms with Crippen LogP contribution in [0.5, 0.6) is 0 Å². The maximum Gasteiger partial charge on any atom is 0.0583 e. The SMILES string of the molecule is Cl.Clc1c(Br)ccc2c1CCNCC2. The molecule has 0 aliphatic carbocycles. The highest BCUT2D eigenvalue weighted by Gasteiger charge is 2.12. The summed E-state index contributed by atoms with van der Waals surface area (Å²) in [5.74, 6) is 0. The molecule has 0 saturated heterocycles. The number of nitrogens with one attached hydrogen (secondary N) is 1. The molecule has 1 aliphatic rings. The molecule has 4 heteroatoms. The van der Waals surface area contributed by atoms with Crippen molar-refractivity contribution in [1.82, 2.24) is 5.32 Å². The molecule has 1 heterocycles. The quantitative estimate of drug-likeness (QED) is 0.775. The van der Waals surface area contributed by atoms with Crippen molar-refractivity contribution in [3.63, 3.8) is 0 Å². The van der Waals surface area contributed by atoms with E-state index in [2.05, 4.69) is 27.3 Å². The van der Waals surface area contributed by atoms with Gasteiger partial charge in [-0.2, -0.15) is 0 Å². The third-order valence-electron chi connectivity index (χ3n) is 2.42. The predicted molar refractivity (Wildman–Crippen MR) is 66.7 cm³/mol. The van der Waals surface area contributed by atoms with Crippen LogP contribution in [0.3, 0.4) is 0 Å². The van der Waals surface area contributed by atoms with Gasteiger partial charge in [-0.1, -0.05) is 17.7 Å². The average Bonchev–Trinajstić information content (AvgIpc) is 2.36. The van der Waals surface area contributed by atoms with Gasteiger partial charge in [0.2, 0.25) is 0 Å². The van der Waals surface area contributed by atoms with Crippen LogP contribution in [0.15, 0.2) is 16.6 Å². The van der Waals surface area contributed by atoms with Crippen LogP contribution in [0.4, 0.5) is 0 Å². The average molecular weight is 297 g/mol. The normalized spacial score (nSPS) is 15.3. The molecule has 1 aromatic carbocycles. The van der Waals surface area contributed by atoms with Gasteiger partial charge >= 0.3 is 0 Å². The van der Waals surface area contributed by atoms with E-state index in [1.165, 1.54) is 11.1 Å². The predicted octanol–water partition coefficient (Wildman–Crippen LogP) is 3.21. The summed E-state index contributed by atoms with van der Waals surface area (Å²) in [7, 11) is 0. The van der Waals surface area contributed by atoms with Crippen molar-refractivity contribution in [2.75, 3.05) is 13.1 Å². The largest absolute Gasteiger partial charge is 0.316 e. The number of benzene rings is 1. The van der Waals surface area contributed by atoms with Crippen LogP contribution in [-0.4, -0.2) is 13.1 Å². The van der Waals surface area contributed by atoms with E-state index >= 15 is 0 Å². The lowest BCUT2D eigenvalue weighted by Gasteiger charge is -2.08. The van der Waals surface area contributed by atoms with Crippen LogP contribution in [0, 0.1) is 0 Å². The van der Waals surface area contributed by atoms with Gasteiger partial charge < -0.3 is 5.32 Å². The van der Waals surface area contributed by atoms with Gasteiger partial charge in [0.05, 0.1) is 5.02 Å². The first-order valence-electron chi connectivity index (χ1n) is 4.45. The molecule has 2 rings (SSSR count). The van der Waals surface area contributed by atoms with E-state index in [1.807, 2.05) is 6.07 Å². The zero-order valence-electron chi connectivity index (χ0n) is 7.65. The zero-order valence-corrected chi connectivity index (χ0v) is 10.8. The Kier molecular flexibility index (Phi) is 4.71. The maximum absolute atomic E-state index is 6.21. The van der Waals surface area contributed by atoms with Crippen LogP contribution in [0.2, 0.25) is 5.02 Å². The summed E-state index contributed by atoms with van der Waals surface area (Å²) in [6.45, 7) is 2.09. The molecule has 1 aromatic rings. The molecule has 1 aliphatic heterocycles. The molecule has 0 fully saturated rings. The molecule has 1 nitrogen and oxygen atoms in total. The lowest BCUT2D eigenvalue weighted by Crippen LogP contribution is -2.16. The number of fused-ring (bicyclic) bond motifs is 1. The maximum atomic E-state index is 6.21. The van der Waals surface area contributed by atoms with Gasteiger partial charge in [-0.3, -0.25) is 0 Å². The summed E-state index contributed by atoms with van der Waals surface area (Å²) in [4.78, 5) is 0. The van der Waals surface area contributed by atoms with Crippen LogP contribution >= 0.6 is 39.9 Å². The summed E-state index contributed by atoms with van der Waals surface area (Å²) >= 11 is 9.66. The van der Waals surface area contributed by atoms with E-state index in [9.17, 15) is 0 Å². The Bertz CT molecular complexity index is 328. The topological polar surface area (TPSA) is 12.0 Å². The van der Waals surface area contributed by atoms with Crippen molar-refractivity contribution in [3.8, 4) is 0 Å². The number of hydrogen-bond donors (Lipinski definition) is 1. The van der Waals surface area contributed by atoms with E-state index in [0.717, 1.165) is 35.4 Å². The Morgan fingerprint density at radius 3 is 2.71 bits per heavy atom. The summed E-state index contributed by atoms with van der Waals surface area (Å²) in [5, 5.41) is 4.26. The van der Waals surface area contributed by atoms with Gasteiger partial charge in [-0.15, -0.1) is 12.4 Å². The summed E-state index contributed by atoms with van der Waals surface area (Å²) < 4.78 is 1.01. The van der Waals surface area contributed by atoms with Crippen molar-refractivity contribution < 1.29 is 0 Å². The van der Waals surface area contributed by atoms with Crippen LogP contribution < -0.4 is 5.32 Å². The molecule has 0 amide bonds. The third kappa shape index (κ3) is 2.43. The number of halogens is 3. The van der Waals surface area contributed by atoms with Gasteiger partial charge in [0.1, 0.15) is 0 Å². The number of rotatable bonds is 0. The molecule has 0 radical (unpaired) electrons. The fourth-order valence-electron chi connectivity index (χ4n) is 1.70. The Balaban J connectivity index is 0.000000980. The minimum Gasteiger partial charge on any atom is -0.316 e. The van der Waals surface area contributed by atoms with E-state index < -0.39 is 0 Å². The van der Waals surface area contributed by atoms with Crippen LogP contribution in [0.1, 0.15) is 11.1 Å². The zero-order chi connectivity index (χ0) is 9.26. The first-order valence-corrected chi connectivity index (χ1v) is 5.62. The Morgan fingerprint density at radius 1 is 1.21 bits per heavy atom. The summed E-state index contributed by atoms with van der Waals surface area (Å²) in [6, 6.07) is 4.20. The second-order valence-corrected chi connectivity index (χ2v) is 4.48. The molecular weight excluding hydrogens is 285 g/mol. The van der Waals surface area contributed by atoms with Gasteiger partial charge in [0.15, 0.2) is 0 Å². The molecule has 0 bridgehead atoms. The molecule has 14 heavy (non-hydrogen) atoms. The van der Waals surface area contributed by atoms with Crippen molar-refractivity contribution >= 4 is 39.9 Å². The van der Waals surface area contributed by atoms with E-state index in [1.54, 1.807) is 0 Å². The first kappa shape index (κ1) is 12.3. The second-order valence-electron chi connectivity index (χ2n) is 3.25. The first-order chi connectivity index (χ1) is 6.29. The summed E-state index contributed by atoms with van der Waals surface area (Å²) in [5.41, 5.74) is 2.69. The Labute approximate surface area is 104 Å². The van der Waals surface area contributed by atoms with Crippen LogP contribution in [0.25, 0.3) is 0 Å². The molecule has 0 saturated carbocycles. The highest BCUT2D eigenvalue weighted by molar-refractivity contribution is 9.10. The minimum atomic E-state index is 0. The van der Waals surface area contributed by atoms with Crippen molar-refractivity contribution in [3.05, 3.63) is 32.8 Å². The van der Waals surface area contributed by atoms with Gasteiger partial charge in [0, 0.05) is 4.47 Å². The monoisotopic (exact) mass is 295 g/mol. The fraction of sp³-hybridized carbons (Fsp3) is 0.400. The third-order valence-corrected chi connectivity index (χ3v) is 3.74. The van der Waals surface area contributed by atoms with Crippen molar-refractivity contribution in [2.24, 2.45) is 0 Å². The standard InChI is InChI=1S/C10H11BrClN.ClH/c11-9-2-1-7-3-5-13-6-4-8(7)10(9)12;/h1-2,13H,3-6H2;1H. The van der Waals surface area contributed by atoms with E-state index in [0.29, 0.717) is 0 Å². The molecular formula is C10H12BrCl2N. The molecule has 0 atom stereocenters. The molecule has 78 valence electrons. The molecule has 0 aromatic heterocycles. The van der Waals surface area contributed by atoms with Gasteiger partial charge in [0.25, 0.3) is 0 Å². The fourth-order valence-corrected chi connectivity index (χ4v) is 2.35. The van der Waals surface area contributed by atoms with E-state index in [-0.39, 0.29) is 12.4 Å². The lowest BCUT2D eigenvalue weighted by molar-refractivity contribution is 0.711. The van der Waals surface area contributed by atoms with Crippen molar-refractivity contribution in [2.45, 2.75) is 12.8 Å². The highest BCUT2D eigenvalue weighted by Crippen LogP contribution is 2.30. The summed E-state index contributed by atoms with van der Waals surface area (Å²) in [6.07, 6.45) is 2.12. The van der Waals surface area contributed by atoms with Crippen LogP contribution in [-0.2, 0) is 12.8 Å². The van der Waals surface area contributed by atoms with E-state index in [4.69, 9.17) is 11.6 Å².